The maximum absolute atomic E-state index is 12.6. The van der Waals surface area contributed by atoms with Gasteiger partial charge in [-0.3, -0.25) is 9.78 Å². The lowest BCUT2D eigenvalue weighted by Gasteiger charge is -2.13. The molecule has 0 bridgehead atoms. The molecule has 0 aliphatic heterocycles. The molecule has 0 saturated carbocycles. The van der Waals surface area contributed by atoms with Crippen LogP contribution in [0.25, 0.3) is 11.3 Å². The SMILES string of the molecule is COC(=O)c1c(-c2cccnc2)nn(Cc2cccc(Cl)c2)c(=O)c1N. The molecule has 0 radical (unpaired) electrons. The largest absolute Gasteiger partial charge is 0.465 e. The Kier molecular flexibility index (Phi) is 4.99. The van der Waals surface area contributed by atoms with E-state index in [-0.39, 0.29) is 23.5 Å². The fourth-order valence-electron chi connectivity index (χ4n) is 2.52. The number of halogens is 1. The molecule has 3 aromatic rings. The maximum Gasteiger partial charge on any atom is 0.342 e. The minimum absolute atomic E-state index is 0.0761. The number of pyridine rings is 1. The number of nitrogen functional groups attached to an aromatic ring is 1. The van der Waals surface area contributed by atoms with Crippen molar-refractivity contribution in [3.8, 4) is 11.3 Å². The van der Waals surface area contributed by atoms with Crippen molar-refractivity contribution in [1.29, 1.82) is 0 Å². The Labute approximate surface area is 154 Å². The van der Waals surface area contributed by atoms with Gasteiger partial charge in [-0.25, -0.2) is 9.48 Å². The van der Waals surface area contributed by atoms with E-state index in [2.05, 4.69) is 10.1 Å². The lowest BCUT2D eigenvalue weighted by atomic mass is 10.1. The molecule has 132 valence electrons. The van der Waals surface area contributed by atoms with Crippen LogP contribution in [0.5, 0.6) is 0 Å². The van der Waals surface area contributed by atoms with Crippen LogP contribution in [0.15, 0.2) is 53.6 Å². The summed E-state index contributed by atoms with van der Waals surface area (Å²) in [5, 5.41) is 4.88. The third kappa shape index (κ3) is 3.43. The number of ether oxygens (including phenoxy) is 1. The summed E-state index contributed by atoms with van der Waals surface area (Å²) in [4.78, 5) is 28.8. The average Bonchev–Trinajstić information content (AvgIpc) is 2.65. The van der Waals surface area contributed by atoms with Crippen LogP contribution in [0.1, 0.15) is 15.9 Å². The second-order valence-electron chi connectivity index (χ2n) is 5.46. The van der Waals surface area contributed by atoms with E-state index in [1.165, 1.54) is 18.0 Å². The number of hydrogen-bond donors (Lipinski definition) is 1. The van der Waals surface area contributed by atoms with Crippen molar-refractivity contribution >= 4 is 23.3 Å². The molecule has 2 heterocycles. The highest BCUT2D eigenvalue weighted by atomic mass is 35.5. The highest BCUT2D eigenvalue weighted by Crippen LogP contribution is 2.24. The zero-order valence-corrected chi connectivity index (χ0v) is 14.6. The van der Waals surface area contributed by atoms with Crippen LogP contribution < -0.4 is 11.3 Å². The lowest BCUT2D eigenvalue weighted by Crippen LogP contribution is -2.30. The molecular weight excluding hydrogens is 356 g/mol. The standard InChI is InChI=1S/C18H15ClN4O3/c1-26-18(25)14-15(20)17(24)23(10-11-4-2-6-13(19)8-11)22-16(14)12-5-3-7-21-9-12/h2-9H,10,20H2,1H3. The Hall–Kier alpha value is -3.19. The van der Waals surface area contributed by atoms with E-state index in [4.69, 9.17) is 22.1 Å². The summed E-state index contributed by atoms with van der Waals surface area (Å²) in [7, 11) is 1.21. The van der Waals surface area contributed by atoms with Crippen LogP contribution in [-0.2, 0) is 11.3 Å². The van der Waals surface area contributed by atoms with Crippen molar-refractivity contribution in [2.45, 2.75) is 6.54 Å². The first kappa shape index (κ1) is 17.6. The summed E-state index contributed by atoms with van der Waals surface area (Å²) in [6.45, 7) is 0.151. The molecule has 0 atom stereocenters. The second-order valence-corrected chi connectivity index (χ2v) is 5.90. The van der Waals surface area contributed by atoms with Crippen molar-refractivity contribution in [2.24, 2.45) is 0 Å². The van der Waals surface area contributed by atoms with Crippen LogP contribution in [0, 0.1) is 0 Å². The fraction of sp³-hybridized carbons (Fsp3) is 0.111. The van der Waals surface area contributed by atoms with Gasteiger partial charge in [0.2, 0.25) is 0 Å². The minimum atomic E-state index is -0.735. The molecule has 0 aliphatic carbocycles. The van der Waals surface area contributed by atoms with Gasteiger partial charge in [-0.1, -0.05) is 23.7 Å². The predicted octanol–water partition coefficient (Wildman–Crippen LogP) is 2.38. The highest BCUT2D eigenvalue weighted by molar-refractivity contribution is 6.30. The summed E-state index contributed by atoms with van der Waals surface area (Å²) in [5.41, 5.74) is 6.61. The first-order chi connectivity index (χ1) is 12.5. The molecule has 0 saturated heterocycles. The van der Waals surface area contributed by atoms with Gasteiger partial charge in [-0.2, -0.15) is 5.10 Å². The van der Waals surface area contributed by atoms with Gasteiger partial charge in [0.1, 0.15) is 16.9 Å². The van der Waals surface area contributed by atoms with Crippen molar-refractivity contribution in [2.75, 3.05) is 12.8 Å². The van der Waals surface area contributed by atoms with Crippen molar-refractivity contribution < 1.29 is 9.53 Å². The molecule has 0 aliphatic rings. The van der Waals surface area contributed by atoms with Crippen LogP contribution in [-0.4, -0.2) is 27.8 Å². The van der Waals surface area contributed by atoms with Gasteiger partial charge in [0.25, 0.3) is 5.56 Å². The zero-order valence-electron chi connectivity index (χ0n) is 13.8. The number of rotatable bonds is 4. The number of carbonyl (C=O) groups is 1. The summed E-state index contributed by atoms with van der Waals surface area (Å²) >= 11 is 5.99. The third-order valence-corrected chi connectivity index (χ3v) is 3.97. The van der Waals surface area contributed by atoms with E-state index < -0.39 is 11.5 Å². The zero-order chi connectivity index (χ0) is 18.7. The number of hydrogen-bond acceptors (Lipinski definition) is 6. The number of aromatic nitrogens is 3. The molecule has 2 N–H and O–H groups in total. The molecule has 8 heteroatoms. The quantitative estimate of drug-likeness (QED) is 0.708. The number of nitrogens with zero attached hydrogens (tertiary/aromatic N) is 3. The van der Waals surface area contributed by atoms with Gasteiger partial charge in [-0.15, -0.1) is 0 Å². The Morgan fingerprint density at radius 1 is 1.31 bits per heavy atom. The number of nitrogens with two attached hydrogens (primary N) is 1. The number of anilines is 1. The van der Waals surface area contributed by atoms with E-state index in [1.807, 2.05) is 6.07 Å². The lowest BCUT2D eigenvalue weighted by molar-refractivity contribution is 0.0602. The molecule has 3 rings (SSSR count). The molecule has 1 aromatic carbocycles. The highest BCUT2D eigenvalue weighted by Gasteiger charge is 2.23. The molecular formula is C18H15ClN4O3. The van der Waals surface area contributed by atoms with Gasteiger partial charge in [0, 0.05) is 23.0 Å². The molecule has 0 fully saturated rings. The molecule has 7 nitrogen and oxygen atoms in total. The van der Waals surface area contributed by atoms with Crippen molar-refractivity contribution in [1.82, 2.24) is 14.8 Å². The maximum atomic E-state index is 12.6. The number of esters is 1. The van der Waals surface area contributed by atoms with Crippen LogP contribution >= 0.6 is 11.6 Å². The van der Waals surface area contributed by atoms with Crippen molar-refractivity contribution in [3.63, 3.8) is 0 Å². The van der Waals surface area contributed by atoms with E-state index in [1.54, 1.807) is 36.5 Å². The van der Waals surface area contributed by atoms with Gasteiger partial charge in [0.05, 0.1) is 13.7 Å². The van der Waals surface area contributed by atoms with Gasteiger partial charge in [0.15, 0.2) is 0 Å². The summed E-state index contributed by atoms with van der Waals surface area (Å²) in [6.07, 6.45) is 3.12. The summed E-state index contributed by atoms with van der Waals surface area (Å²) < 4.78 is 5.95. The number of carbonyl (C=O) groups excluding carboxylic acids is 1. The third-order valence-electron chi connectivity index (χ3n) is 3.74. The molecule has 26 heavy (non-hydrogen) atoms. The van der Waals surface area contributed by atoms with Gasteiger partial charge < -0.3 is 10.5 Å². The monoisotopic (exact) mass is 370 g/mol. The van der Waals surface area contributed by atoms with Crippen LogP contribution in [0.4, 0.5) is 5.69 Å². The normalized spacial score (nSPS) is 10.5. The topological polar surface area (TPSA) is 100 Å². The molecule has 0 spiro atoms. The van der Waals surface area contributed by atoms with E-state index in [9.17, 15) is 9.59 Å². The van der Waals surface area contributed by atoms with E-state index in [0.29, 0.717) is 10.6 Å². The Morgan fingerprint density at radius 3 is 2.77 bits per heavy atom. The Morgan fingerprint density at radius 2 is 2.12 bits per heavy atom. The van der Waals surface area contributed by atoms with Gasteiger partial charge >= 0.3 is 5.97 Å². The fourth-order valence-corrected chi connectivity index (χ4v) is 2.73. The van der Waals surface area contributed by atoms with E-state index >= 15 is 0 Å². The number of benzene rings is 1. The van der Waals surface area contributed by atoms with Crippen molar-refractivity contribution in [3.05, 3.63) is 75.3 Å². The minimum Gasteiger partial charge on any atom is -0.465 e. The first-order valence-electron chi connectivity index (χ1n) is 7.65. The molecule has 0 unspecified atom stereocenters. The average molecular weight is 371 g/mol. The molecule has 2 aromatic heterocycles. The Balaban J connectivity index is 2.20. The van der Waals surface area contributed by atoms with Crippen LogP contribution in [0.3, 0.4) is 0 Å². The summed E-state index contributed by atoms with van der Waals surface area (Å²) in [6, 6.07) is 10.5. The Bertz CT molecular complexity index is 1020. The molecule has 0 amide bonds. The van der Waals surface area contributed by atoms with Gasteiger partial charge in [-0.05, 0) is 29.8 Å². The van der Waals surface area contributed by atoms with Crippen LogP contribution in [0.2, 0.25) is 5.02 Å². The van der Waals surface area contributed by atoms with E-state index in [0.717, 1.165) is 5.56 Å². The first-order valence-corrected chi connectivity index (χ1v) is 8.03. The summed E-state index contributed by atoms with van der Waals surface area (Å²) in [5.74, 6) is -0.735. The number of methoxy groups -OCH3 is 1. The predicted molar refractivity (Wildman–Crippen MR) is 98.0 cm³/mol. The second kappa shape index (κ2) is 7.37. The smallest absolute Gasteiger partial charge is 0.342 e.